The fourth-order valence-corrected chi connectivity index (χ4v) is 3.93. The van der Waals surface area contributed by atoms with Crippen LogP contribution in [0.1, 0.15) is 123 Å². The van der Waals surface area contributed by atoms with Crippen molar-refractivity contribution in [3.8, 4) is 0 Å². The highest BCUT2D eigenvalue weighted by atomic mass is 16.3. The van der Waals surface area contributed by atoms with E-state index in [2.05, 4.69) is 31.3 Å². The minimum atomic E-state index is -1.27. The summed E-state index contributed by atoms with van der Waals surface area (Å²) < 4.78 is 0. The fraction of sp³-hybridized carbons (Fsp3) is 0.889. The van der Waals surface area contributed by atoms with Gasteiger partial charge in [-0.15, -0.1) is 0 Å². The van der Waals surface area contributed by atoms with Gasteiger partial charge in [-0.1, -0.05) is 96.6 Å². The summed E-state index contributed by atoms with van der Waals surface area (Å²) in [7, 11) is 0. The summed E-state index contributed by atoms with van der Waals surface area (Å²) in [5, 5.41) is 42.7. The van der Waals surface area contributed by atoms with E-state index in [0.29, 0.717) is 12.8 Å². The predicted octanol–water partition coefficient (Wildman–Crippen LogP) is 4.77. The number of rotatable bonds is 23. The highest BCUT2D eigenvalue weighted by Crippen LogP contribution is 2.13. The van der Waals surface area contributed by atoms with Crippen molar-refractivity contribution in [1.82, 2.24) is 5.32 Å². The summed E-state index contributed by atoms with van der Waals surface area (Å²) in [6.45, 7) is 3.90. The molecule has 1 amide bonds. The zero-order valence-corrected chi connectivity index (χ0v) is 21.4. The molecule has 33 heavy (non-hydrogen) atoms. The number of carbonyl (C=O) groups excluding carboxylic acids is 1. The Bertz CT molecular complexity index is 471. The molecule has 4 atom stereocenters. The van der Waals surface area contributed by atoms with Crippen molar-refractivity contribution in [1.29, 1.82) is 0 Å². The Morgan fingerprint density at radius 3 is 1.82 bits per heavy atom. The molecule has 6 heteroatoms. The lowest BCUT2D eigenvalue weighted by Crippen LogP contribution is -2.53. The maximum absolute atomic E-state index is 12.2. The molecule has 0 aliphatic heterocycles. The number of aliphatic hydroxyl groups excluding tert-OH is 4. The molecule has 0 heterocycles. The number of hydrogen-bond donors (Lipinski definition) is 5. The fourth-order valence-electron chi connectivity index (χ4n) is 3.93. The van der Waals surface area contributed by atoms with Gasteiger partial charge in [-0.05, 0) is 38.5 Å². The summed E-state index contributed by atoms with van der Waals surface area (Å²) in [5.41, 5.74) is 0. The maximum atomic E-state index is 12.2. The first-order chi connectivity index (χ1) is 16.0. The molecule has 0 spiro atoms. The minimum absolute atomic E-state index is 0.364. The first kappa shape index (κ1) is 32.0. The lowest BCUT2D eigenvalue weighted by atomic mass is 10.00. The summed E-state index contributed by atoms with van der Waals surface area (Å²) in [5.74, 6) is -0.602. The van der Waals surface area contributed by atoms with Crippen molar-refractivity contribution < 1.29 is 25.2 Å². The van der Waals surface area contributed by atoms with Gasteiger partial charge in [0.1, 0.15) is 12.2 Å². The van der Waals surface area contributed by atoms with E-state index in [1.54, 1.807) is 0 Å². The highest BCUT2D eigenvalue weighted by Gasteiger charge is 2.28. The Labute approximate surface area is 202 Å². The predicted molar refractivity (Wildman–Crippen MR) is 136 cm³/mol. The summed E-state index contributed by atoms with van der Waals surface area (Å²) in [4.78, 5) is 12.2. The average molecular weight is 472 g/mol. The van der Waals surface area contributed by atoms with Crippen LogP contribution in [0.15, 0.2) is 12.2 Å². The van der Waals surface area contributed by atoms with Crippen LogP contribution in [-0.2, 0) is 4.79 Å². The molecule has 5 N–H and O–H groups in total. The van der Waals surface area contributed by atoms with Crippen LogP contribution in [0, 0.1) is 0 Å². The second-order valence-electron chi connectivity index (χ2n) is 9.39. The van der Waals surface area contributed by atoms with Crippen molar-refractivity contribution in [2.45, 2.75) is 147 Å². The van der Waals surface area contributed by atoms with Gasteiger partial charge < -0.3 is 25.7 Å². The second kappa shape index (κ2) is 22.8. The van der Waals surface area contributed by atoms with E-state index >= 15 is 0 Å². The van der Waals surface area contributed by atoms with Gasteiger partial charge in [0.25, 0.3) is 0 Å². The van der Waals surface area contributed by atoms with Crippen molar-refractivity contribution in [3.05, 3.63) is 12.2 Å². The molecular formula is C27H53NO5. The highest BCUT2D eigenvalue weighted by molar-refractivity contribution is 5.80. The topological polar surface area (TPSA) is 110 Å². The molecule has 0 aliphatic carbocycles. The molecular weight excluding hydrogens is 418 g/mol. The number of carbonyl (C=O) groups is 1. The van der Waals surface area contributed by atoms with Crippen LogP contribution in [0.4, 0.5) is 0 Å². The van der Waals surface area contributed by atoms with Crippen molar-refractivity contribution in [2.24, 2.45) is 0 Å². The van der Waals surface area contributed by atoms with E-state index in [1.807, 2.05) is 0 Å². The van der Waals surface area contributed by atoms with Crippen molar-refractivity contribution in [2.75, 3.05) is 6.61 Å². The van der Waals surface area contributed by atoms with Gasteiger partial charge >= 0.3 is 0 Å². The quantitative estimate of drug-likeness (QED) is 0.109. The van der Waals surface area contributed by atoms with Crippen LogP contribution >= 0.6 is 0 Å². The van der Waals surface area contributed by atoms with Gasteiger partial charge in [-0.2, -0.15) is 0 Å². The van der Waals surface area contributed by atoms with E-state index in [9.17, 15) is 25.2 Å². The summed E-state index contributed by atoms with van der Waals surface area (Å²) in [6.07, 6.45) is 18.2. The molecule has 0 saturated heterocycles. The first-order valence-electron chi connectivity index (χ1n) is 13.6. The Morgan fingerprint density at radius 2 is 1.24 bits per heavy atom. The van der Waals surface area contributed by atoms with Gasteiger partial charge in [-0.25, -0.2) is 0 Å². The van der Waals surface area contributed by atoms with Crippen LogP contribution in [0.3, 0.4) is 0 Å². The van der Waals surface area contributed by atoms with Crippen LogP contribution in [0.5, 0.6) is 0 Å². The SMILES string of the molecule is CCCCC/C=C/CCCC(O)C(O)C(CO)NC(=O)C(O)CCCCCCCCCCC. The standard InChI is InChI=1S/C27H53NO5/c1-3-5-7-9-11-13-15-17-19-21-25(31)27(33)28-23(22-29)26(32)24(30)20-18-16-14-12-10-8-6-4-2/h12,14,23-26,29-32H,3-11,13,15-22H2,1-2H3,(H,28,33)/b14-12+. The Morgan fingerprint density at radius 1 is 0.727 bits per heavy atom. The van der Waals surface area contributed by atoms with E-state index in [0.717, 1.165) is 38.5 Å². The molecule has 6 nitrogen and oxygen atoms in total. The Balaban J connectivity index is 4.04. The molecule has 0 bridgehead atoms. The van der Waals surface area contributed by atoms with Crippen LogP contribution in [0.2, 0.25) is 0 Å². The minimum Gasteiger partial charge on any atom is -0.394 e. The molecule has 0 rings (SSSR count). The third kappa shape index (κ3) is 18.1. The van der Waals surface area contributed by atoms with Gasteiger partial charge in [0.2, 0.25) is 5.91 Å². The zero-order chi connectivity index (χ0) is 24.7. The lowest BCUT2D eigenvalue weighted by Gasteiger charge is -2.27. The molecule has 0 fully saturated rings. The second-order valence-corrected chi connectivity index (χ2v) is 9.39. The number of allylic oxidation sites excluding steroid dienone is 2. The third-order valence-corrected chi connectivity index (χ3v) is 6.23. The molecule has 0 radical (unpaired) electrons. The molecule has 4 unspecified atom stereocenters. The van der Waals surface area contributed by atoms with Gasteiger partial charge in [-0.3, -0.25) is 4.79 Å². The molecule has 196 valence electrons. The molecule has 0 aromatic rings. The number of aliphatic hydroxyl groups is 4. The largest absolute Gasteiger partial charge is 0.394 e. The lowest BCUT2D eigenvalue weighted by molar-refractivity contribution is -0.132. The molecule has 0 saturated carbocycles. The normalized spacial score (nSPS) is 15.5. The zero-order valence-electron chi connectivity index (χ0n) is 21.4. The third-order valence-electron chi connectivity index (χ3n) is 6.23. The maximum Gasteiger partial charge on any atom is 0.249 e. The number of unbranched alkanes of at least 4 members (excludes halogenated alkanes) is 12. The van der Waals surface area contributed by atoms with Gasteiger partial charge in [0, 0.05) is 0 Å². The summed E-state index contributed by atoms with van der Waals surface area (Å²) >= 11 is 0. The van der Waals surface area contributed by atoms with Gasteiger partial charge in [0.15, 0.2) is 0 Å². The van der Waals surface area contributed by atoms with E-state index < -0.39 is 36.9 Å². The van der Waals surface area contributed by atoms with E-state index in [-0.39, 0.29) is 0 Å². The van der Waals surface area contributed by atoms with Crippen molar-refractivity contribution in [3.63, 3.8) is 0 Å². The van der Waals surface area contributed by atoms with E-state index in [1.165, 1.54) is 57.8 Å². The van der Waals surface area contributed by atoms with Gasteiger partial charge in [0.05, 0.1) is 18.8 Å². The van der Waals surface area contributed by atoms with Crippen molar-refractivity contribution >= 4 is 5.91 Å². The Kier molecular flexibility index (Phi) is 22.2. The monoisotopic (exact) mass is 471 g/mol. The molecule has 0 aromatic heterocycles. The molecule has 0 aliphatic rings. The average Bonchev–Trinajstić information content (AvgIpc) is 2.82. The first-order valence-corrected chi connectivity index (χ1v) is 13.6. The summed E-state index contributed by atoms with van der Waals surface area (Å²) in [6, 6.07) is -0.991. The number of nitrogens with one attached hydrogen (secondary N) is 1. The van der Waals surface area contributed by atoms with E-state index in [4.69, 9.17) is 0 Å². The number of hydrogen-bond acceptors (Lipinski definition) is 5. The van der Waals surface area contributed by atoms with Crippen LogP contribution in [-0.4, -0.2) is 57.3 Å². The number of amides is 1. The smallest absolute Gasteiger partial charge is 0.249 e. The Hall–Kier alpha value is -0.950. The van der Waals surface area contributed by atoms with Crippen LogP contribution < -0.4 is 5.32 Å². The molecule has 0 aromatic carbocycles. The van der Waals surface area contributed by atoms with Crippen LogP contribution in [0.25, 0.3) is 0 Å².